The van der Waals surface area contributed by atoms with Crippen LogP contribution in [0.2, 0.25) is 5.02 Å². The van der Waals surface area contributed by atoms with Gasteiger partial charge in [0.15, 0.2) is 0 Å². The molecule has 0 aromatic carbocycles. The lowest BCUT2D eigenvalue weighted by atomic mass is 10.6. The molecule has 2 rings (SSSR count). The van der Waals surface area contributed by atoms with Crippen molar-refractivity contribution in [3.8, 4) is 0 Å². The largest absolute Gasteiger partial charge is 0.354 e. The van der Waals surface area contributed by atoms with E-state index in [-0.39, 0.29) is 0 Å². The van der Waals surface area contributed by atoms with Gasteiger partial charge >= 0.3 is 0 Å². The molecule has 7 heteroatoms. The SMILES string of the molecule is CCNc1ncc(Cl)c(Sc2cnn(C)c2)n1. The average Bonchev–Trinajstić information content (AvgIpc) is 2.69. The van der Waals surface area contributed by atoms with Gasteiger partial charge in [0, 0.05) is 19.8 Å². The van der Waals surface area contributed by atoms with Crippen molar-refractivity contribution in [1.82, 2.24) is 19.7 Å². The van der Waals surface area contributed by atoms with Crippen LogP contribution in [-0.2, 0) is 7.05 Å². The summed E-state index contributed by atoms with van der Waals surface area (Å²) in [4.78, 5) is 9.42. The highest BCUT2D eigenvalue weighted by Gasteiger charge is 2.08. The molecule has 0 aliphatic heterocycles. The Balaban J connectivity index is 2.22. The average molecular weight is 270 g/mol. The van der Waals surface area contributed by atoms with Crippen LogP contribution in [0.1, 0.15) is 6.92 Å². The number of aryl methyl sites for hydroxylation is 1. The van der Waals surface area contributed by atoms with E-state index in [0.717, 1.165) is 16.5 Å². The molecule has 2 aromatic heterocycles. The number of nitrogens with one attached hydrogen (secondary N) is 1. The summed E-state index contributed by atoms with van der Waals surface area (Å²) in [5.41, 5.74) is 0. The van der Waals surface area contributed by atoms with Crippen molar-refractivity contribution in [2.45, 2.75) is 16.8 Å². The van der Waals surface area contributed by atoms with Crippen LogP contribution >= 0.6 is 23.4 Å². The van der Waals surface area contributed by atoms with Gasteiger partial charge in [-0.1, -0.05) is 23.4 Å². The maximum absolute atomic E-state index is 6.05. The molecule has 17 heavy (non-hydrogen) atoms. The Hall–Kier alpha value is -1.27. The van der Waals surface area contributed by atoms with Crippen molar-refractivity contribution >= 4 is 29.3 Å². The number of hydrogen-bond donors (Lipinski definition) is 1. The third kappa shape index (κ3) is 3.10. The minimum Gasteiger partial charge on any atom is -0.354 e. The van der Waals surface area contributed by atoms with E-state index in [9.17, 15) is 0 Å². The third-order valence-corrected chi connectivity index (χ3v) is 3.28. The van der Waals surface area contributed by atoms with Crippen molar-refractivity contribution in [3.63, 3.8) is 0 Å². The highest BCUT2D eigenvalue weighted by molar-refractivity contribution is 7.99. The molecule has 0 aliphatic carbocycles. The second-order valence-electron chi connectivity index (χ2n) is 3.33. The maximum Gasteiger partial charge on any atom is 0.223 e. The molecule has 0 radical (unpaired) electrons. The van der Waals surface area contributed by atoms with Crippen molar-refractivity contribution in [1.29, 1.82) is 0 Å². The van der Waals surface area contributed by atoms with Gasteiger partial charge < -0.3 is 5.32 Å². The summed E-state index contributed by atoms with van der Waals surface area (Å²) < 4.78 is 1.74. The third-order valence-electron chi connectivity index (χ3n) is 1.94. The van der Waals surface area contributed by atoms with E-state index in [1.54, 1.807) is 17.1 Å². The first-order valence-corrected chi connectivity index (χ1v) is 6.31. The molecule has 0 aliphatic rings. The monoisotopic (exact) mass is 269 g/mol. The number of rotatable bonds is 4. The summed E-state index contributed by atoms with van der Waals surface area (Å²) in [5, 5.41) is 8.42. The Labute approximate surface area is 109 Å². The van der Waals surface area contributed by atoms with Crippen molar-refractivity contribution in [2.24, 2.45) is 7.05 Å². The fourth-order valence-corrected chi connectivity index (χ4v) is 2.25. The van der Waals surface area contributed by atoms with Crippen molar-refractivity contribution < 1.29 is 0 Å². The second-order valence-corrected chi connectivity index (χ2v) is 4.80. The predicted octanol–water partition coefficient (Wildman–Crippen LogP) is 2.45. The van der Waals surface area contributed by atoms with Crippen LogP contribution in [0, 0.1) is 0 Å². The summed E-state index contributed by atoms with van der Waals surface area (Å²) in [6, 6.07) is 0. The Morgan fingerprint density at radius 1 is 1.47 bits per heavy atom. The zero-order valence-corrected chi connectivity index (χ0v) is 11.1. The lowest BCUT2D eigenvalue weighted by Gasteiger charge is -2.04. The lowest BCUT2D eigenvalue weighted by molar-refractivity contribution is 0.766. The first kappa shape index (κ1) is 12.2. The van der Waals surface area contributed by atoms with Crippen LogP contribution in [0.4, 0.5) is 5.95 Å². The van der Waals surface area contributed by atoms with Gasteiger partial charge in [0.25, 0.3) is 0 Å². The van der Waals surface area contributed by atoms with Crippen molar-refractivity contribution in [2.75, 3.05) is 11.9 Å². The van der Waals surface area contributed by atoms with Gasteiger partial charge in [-0.25, -0.2) is 9.97 Å². The summed E-state index contributed by atoms with van der Waals surface area (Å²) in [5.74, 6) is 0.586. The van der Waals surface area contributed by atoms with Gasteiger partial charge in [-0.2, -0.15) is 5.10 Å². The Morgan fingerprint density at radius 3 is 2.94 bits per heavy atom. The minimum absolute atomic E-state index is 0.542. The van der Waals surface area contributed by atoms with Gasteiger partial charge in [-0.05, 0) is 6.92 Å². The molecule has 0 spiro atoms. The fourth-order valence-electron chi connectivity index (χ4n) is 1.23. The molecule has 1 N–H and O–H groups in total. The van der Waals surface area contributed by atoms with Gasteiger partial charge in [-0.3, -0.25) is 4.68 Å². The lowest BCUT2D eigenvalue weighted by Crippen LogP contribution is -2.02. The summed E-state index contributed by atoms with van der Waals surface area (Å²) in [6.45, 7) is 2.77. The van der Waals surface area contributed by atoms with Gasteiger partial charge in [-0.15, -0.1) is 0 Å². The number of anilines is 1. The number of aromatic nitrogens is 4. The van der Waals surface area contributed by atoms with Crippen LogP contribution in [0.3, 0.4) is 0 Å². The molecule has 0 saturated heterocycles. The van der Waals surface area contributed by atoms with Gasteiger partial charge in [0.05, 0.1) is 22.3 Å². The standard InChI is InChI=1S/C10H12ClN5S/c1-3-12-10-13-5-8(11)9(15-10)17-7-4-14-16(2)6-7/h4-6H,3H2,1-2H3,(H,12,13,15). The van der Waals surface area contributed by atoms with E-state index in [2.05, 4.69) is 20.4 Å². The van der Waals surface area contributed by atoms with E-state index in [0.29, 0.717) is 11.0 Å². The Morgan fingerprint density at radius 2 is 2.29 bits per heavy atom. The maximum atomic E-state index is 6.05. The highest BCUT2D eigenvalue weighted by Crippen LogP contribution is 2.31. The van der Waals surface area contributed by atoms with E-state index < -0.39 is 0 Å². The fraction of sp³-hybridized carbons (Fsp3) is 0.300. The molecule has 2 heterocycles. The molecule has 0 fully saturated rings. The summed E-state index contributed by atoms with van der Waals surface area (Å²) >= 11 is 7.52. The van der Waals surface area contributed by atoms with Crippen LogP contribution in [0.15, 0.2) is 28.5 Å². The zero-order valence-electron chi connectivity index (χ0n) is 9.51. The second kappa shape index (κ2) is 5.37. The number of halogens is 1. The minimum atomic E-state index is 0.542. The summed E-state index contributed by atoms with van der Waals surface area (Å²) in [6.07, 6.45) is 5.29. The van der Waals surface area contributed by atoms with Crippen molar-refractivity contribution in [3.05, 3.63) is 23.6 Å². The first-order chi connectivity index (χ1) is 8.19. The van der Waals surface area contributed by atoms with Crippen LogP contribution in [0.5, 0.6) is 0 Å². The molecular formula is C10H12ClN5S. The Bertz CT molecular complexity index is 513. The van der Waals surface area contributed by atoms with Crippen LogP contribution in [0.25, 0.3) is 0 Å². The molecule has 0 bridgehead atoms. The van der Waals surface area contributed by atoms with E-state index in [1.165, 1.54) is 11.8 Å². The number of hydrogen-bond acceptors (Lipinski definition) is 5. The van der Waals surface area contributed by atoms with Crippen LogP contribution in [-0.4, -0.2) is 26.3 Å². The Kier molecular flexibility index (Phi) is 3.86. The van der Waals surface area contributed by atoms with Gasteiger partial charge in [0.2, 0.25) is 5.95 Å². The molecule has 0 atom stereocenters. The molecule has 90 valence electrons. The quantitative estimate of drug-likeness (QED) is 0.864. The molecular weight excluding hydrogens is 258 g/mol. The highest BCUT2D eigenvalue weighted by atomic mass is 35.5. The molecule has 0 saturated carbocycles. The van der Waals surface area contributed by atoms with E-state index in [4.69, 9.17) is 11.6 Å². The smallest absolute Gasteiger partial charge is 0.223 e. The van der Waals surface area contributed by atoms with E-state index >= 15 is 0 Å². The molecule has 0 amide bonds. The molecule has 0 unspecified atom stereocenters. The van der Waals surface area contributed by atoms with Crippen LogP contribution < -0.4 is 5.32 Å². The zero-order chi connectivity index (χ0) is 12.3. The summed E-state index contributed by atoms with van der Waals surface area (Å²) in [7, 11) is 1.87. The molecule has 2 aromatic rings. The normalized spacial score (nSPS) is 10.5. The van der Waals surface area contributed by atoms with Gasteiger partial charge in [0.1, 0.15) is 5.03 Å². The molecule has 5 nitrogen and oxygen atoms in total. The predicted molar refractivity (Wildman–Crippen MR) is 68.5 cm³/mol. The number of nitrogens with zero attached hydrogens (tertiary/aromatic N) is 4. The first-order valence-electron chi connectivity index (χ1n) is 5.12. The van der Waals surface area contributed by atoms with E-state index in [1.807, 2.05) is 20.2 Å². The topological polar surface area (TPSA) is 55.6 Å².